The predicted molar refractivity (Wildman–Crippen MR) is 107 cm³/mol. The average molecular weight is 410 g/mol. The van der Waals surface area contributed by atoms with Crippen LogP contribution >= 0.6 is 0 Å². The smallest absolute Gasteiger partial charge is 0.287 e. The number of amides is 2. The van der Waals surface area contributed by atoms with Crippen LogP contribution in [0.4, 0.5) is 5.69 Å². The van der Waals surface area contributed by atoms with Gasteiger partial charge in [-0.2, -0.15) is 5.10 Å². The number of rotatable bonds is 6. The van der Waals surface area contributed by atoms with Crippen molar-refractivity contribution < 1.29 is 24.0 Å². The highest BCUT2D eigenvalue weighted by Crippen LogP contribution is 2.37. The van der Waals surface area contributed by atoms with Gasteiger partial charge in [-0.15, -0.1) is 0 Å². The van der Waals surface area contributed by atoms with Gasteiger partial charge in [0.05, 0.1) is 22.8 Å². The molecule has 2 amide bonds. The van der Waals surface area contributed by atoms with Crippen LogP contribution < -0.4 is 20.2 Å². The van der Waals surface area contributed by atoms with Crippen LogP contribution in [0.1, 0.15) is 29.8 Å². The van der Waals surface area contributed by atoms with Gasteiger partial charge in [0.15, 0.2) is 11.5 Å². The van der Waals surface area contributed by atoms with E-state index in [0.717, 1.165) is 6.21 Å². The van der Waals surface area contributed by atoms with Gasteiger partial charge < -0.3 is 14.8 Å². The van der Waals surface area contributed by atoms with Gasteiger partial charge in [-0.25, -0.2) is 5.43 Å². The predicted octanol–water partition coefficient (Wildman–Crippen LogP) is 2.50. The van der Waals surface area contributed by atoms with Crippen LogP contribution in [0.3, 0.4) is 0 Å². The van der Waals surface area contributed by atoms with Crippen molar-refractivity contribution in [3.05, 3.63) is 75.0 Å². The molecular weight excluding hydrogens is 392 g/mol. The quantitative estimate of drug-likeness (QED) is 0.325. The fourth-order valence-electron chi connectivity index (χ4n) is 2.61. The number of nitro benzene ring substituents is 1. The Labute approximate surface area is 171 Å². The van der Waals surface area contributed by atoms with Crippen molar-refractivity contribution in [2.24, 2.45) is 5.10 Å². The molecule has 0 spiro atoms. The van der Waals surface area contributed by atoms with E-state index in [-0.39, 0.29) is 29.5 Å². The van der Waals surface area contributed by atoms with Gasteiger partial charge in [0.2, 0.25) is 6.79 Å². The first-order chi connectivity index (χ1) is 14.4. The first-order valence-electron chi connectivity index (χ1n) is 8.82. The number of allylic oxidation sites excluding steroid dienone is 1. The van der Waals surface area contributed by atoms with E-state index in [0.29, 0.717) is 16.9 Å². The minimum absolute atomic E-state index is 0.0289. The minimum Gasteiger partial charge on any atom is -0.454 e. The van der Waals surface area contributed by atoms with E-state index in [4.69, 9.17) is 9.47 Å². The van der Waals surface area contributed by atoms with Crippen LogP contribution in [0, 0.1) is 10.1 Å². The Morgan fingerprint density at radius 1 is 1.13 bits per heavy atom. The largest absolute Gasteiger partial charge is 0.454 e. The zero-order chi connectivity index (χ0) is 21.7. The number of hydrogen-bond donors (Lipinski definition) is 2. The molecule has 0 atom stereocenters. The van der Waals surface area contributed by atoms with Gasteiger partial charge in [-0.3, -0.25) is 19.7 Å². The number of hydrogen-bond acceptors (Lipinski definition) is 7. The zero-order valence-corrected chi connectivity index (χ0v) is 16.2. The van der Waals surface area contributed by atoms with Crippen molar-refractivity contribution in [1.82, 2.24) is 10.7 Å². The molecule has 0 radical (unpaired) electrons. The highest BCUT2D eigenvalue weighted by molar-refractivity contribution is 6.03. The lowest BCUT2D eigenvalue weighted by Crippen LogP contribution is -2.33. The van der Waals surface area contributed by atoms with E-state index in [1.54, 1.807) is 44.2 Å². The van der Waals surface area contributed by atoms with Crippen molar-refractivity contribution in [1.29, 1.82) is 0 Å². The molecule has 0 fully saturated rings. The lowest BCUT2D eigenvalue weighted by Gasteiger charge is -2.10. The molecule has 0 bridgehead atoms. The summed E-state index contributed by atoms with van der Waals surface area (Å²) in [7, 11) is 0. The summed E-state index contributed by atoms with van der Waals surface area (Å²) < 4.78 is 10.3. The van der Waals surface area contributed by atoms with Crippen LogP contribution in [-0.4, -0.2) is 29.7 Å². The molecule has 0 unspecified atom stereocenters. The molecule has 0 saturated heterocycles. The third kappa shape index (κ3) is 4.61. The molecule has 3 rings (SSSR count). The van der Waals surface area contributed by atoms with Crippen LogP contribution in [0.2, 0.25) is 0 Å². The molecule has 1 aliphatic rings. The number of benzene rings is 2. The van der Waals surface area contributed by atoms with Crippen molar-refractivity contribution >= 4 is 23.7 Å². The van der Waals surface area contributed by atoms with E-state index in [1.165, 1.54) is 12.1 Å². The SMILES string of the molecule is CC(C)=C(NC(=O)c1ccccc1)C(=O)NN=Cc1cc2c(cc1[N+](=O)[O-])OCO2. The minimum atomic E-state index is -0.668. The maximum atomic E-state index is 12.5. The number of carbonyl (C=O) groups is 2. The molecule has 0 saturated carbocycles. The molecule has 2 N–H and O–H groups in total. The second kappa shape index (κ2) is 8.86. The summed E-state index contributed by atoms with van der Waals surface area (Å²) >= 11 is 0. The van der Waals surface area contributed by atoms with Crippen molar-refractivity contribution in [3.8, 4) is 11.5 Å². The number of hydrazone groups is 1. The Bertz CT molecular complexity index is 1060. The van der Waals surface area contributed by atoms with E-state index < -0.39 is 16.7 Å². The van der Waals surface area contributed by atoms with Gasteiger partial charge in [0, 0.05) is 5.56 Å². The first-order valence-corrected chi connectivity index (χ1v) is 8.82. The van der Waals surface area contributed by atoms with Crippen LogP contribution in [0.5, 0.6) is 11.5 Å². The lowest BCUT2D eigenvalue weighted by molar-refractivity contribution is -0.385. The number of nitrogens with zero attached hydrogens (tertiary/aromatic N) is 2. The van der Waals surface area contributed by atoms with E-state index >= 15 is 0 Å². The Hall–Kier alpha value is -4.21. The fraction of sp³-hybridized carbons (Fsp3) is 0.150. The fourth-order valence-corrected chi connectivity index (χ4v) is 2.61. The summed E-state index contributed by atoms with van der Waals surface area (Å²) in [6, 6.07) is 11.1. The summed E-state index contributed by atoms with van der Waals surface area (Å²) in [5.41, 5.74) is 3.11. The van der Waals surface area contributed by atoms with Gasteiger partial charge in [-0.1, -0.05) is 18.2 Å². The molecule has 0 aromatic heterocycles. The summed E-state index contributed by atoms with van der Waals surface area (Å²) in [5.74, 6) is -0.511. The number of nitro groups is 1. The second-order valence-corrected chi connectivity index (χ2v) is 6.42. The Kier molecular flexibility index (Phi) is 6.06. The normalized spacial score (nSPS) is 11.8. The lowest BCUT2D eigenvalue weighted by atomic mass is 10.1. The maximum Gasteiger partial charge on any atom is 0.287 e. The summed E-state index contributed by atoms with van der Waals surface area (Å²) in [5, 5.41) is 17.6. The van der Waals surface area contributed by atoms with Crippen molar-refractivity contribution in [3.63, 3.8) is 0 Å². The van der Waals surface area contributed by atoms with Crippen LogP contribution in [-0.2, 0) is 4.79 Å². The summed E-state index contributed by atoms with van der Waals surface area (Å²) in [6.45, 7) is 3.29. The number of ether oxygens (including phenoxy) is 2. The third-order valence-corrected chi connectivity index (χ3v) is 4.09. The maximum absolute atomic E-state index is 12.5. The molecule has 10 nitrogen and oxygen atoms in total. The second-order valence-electron chi connectivity index (χ2n) is 6.42. The summed E-state index contributed by atoms with van der Waals surface area (Å²) in [6.07, 6.45) is 1.12. The third-order valence-electron chi connectivity index (χ3n) is 4.09. The topological polar surface area (TPSA) is 132 Å². The number of carbonyl (C=O) groups excluding carboxylic acids is 2. The van der Waals surface area contributed by atoms with Gasteiger partial charge in [0.1, 0.15) is 5.70 Å². The monoisotopic (exact) mass is 410 g/mol. The Morgan fingerprint density at radius 3 is 2.43 bits per heavy atom. The molecule has 1 aliphatic heterocycles. The number of fused-ring (bicyclic) bond motifs is 1. The average Bonchev–Trinajstić information content (AvgIpc) is 3.18. The van der Waals surface area contributed by atoms with Crippen molar-refractivity contribution in [2.75, 3.05) is 6.79 Å². The molecule has 1 heterocycles. The Morgan fingerprint density at radius 2 is 1.80 bits per heavy atom. The molecule has 0 aliphatic carbocycles. The highest BCUT2D eigenvalue weighted by atomic mass is 16.7. The van der Waals surface area contributed by atoms with E-state index in [1.807, 2.05) is 0 Å². The molecule has 10 heteroatoms. The van der Waals surface area contributed by atoms with Crippen LogP contribution in [0.15, 0.2) is 58.8 Å². The molecule has 2 aromatic carbocycles. The van der Waals surface area contributed by atoms with Crippen LogP contribution in [0.25, 0.3) is 0 Å². The van der Waals surface area contributed by atoms with Crippen molar-refractivity contribution in [2.45, 2.75) is 13.8 Å². The molecular formula is C20H18N4O6. The molecule has 30 heavy (non-hydrogen) atoms. The highest BCUT2D eigenvalue weighted by Gasteiger charge is 2.22. The molecule has 154 valence electrons. The van der Waals surface area contributed by atoms with E-state index in [9.17, 15) is 19.7 Å². The first kappa shape index (κ1) is 20.5. The molecule has 2 aromatic rings. The number of nitrogens with one attached hydrogen (secondary N) is 2. The van der Waals surface area contributed by atoms with Gasteiger partial charge in [-0.05, 0) is 37.6 Å². The standard InChI is InChI=1S/C20H18N4O6/c1-12(2)18(22-19(25)13-6-4-3-5-7-13)20(26)23-21-10-14-8-16-17(30-11-29-16)9-15(14)24(27)28/h3-10H,11H2,1-2H3,(H,22,25)(H,23,26). The Balaban J connectivity index is 1.73. The zero-order valence-electron chi connectivity index (χ0n) is 16.2. The van der Waals surface area contributed by atoms with Gasteiger partial charge >= 0.3 is 0 Å². The van der Waals surface area contributed by atoms with Gasteiger partial charge in [0.25, 0.3) is 17.5 Å². The summed E-state index contributed by atoms with van der Waals surface area (Å²) in [4.78, 5) is 35.5. The van der Waals surface area contributed by atoms with E-state index in [2.05, 4.69) is 15.8 Å².